The largest absolute Gasteiger partial charge is 0.446 e. The van der Waals surface area contributed by atoms with Crippen LogP contribution in [0.15, 0.2) is 36.4 Å². The Morgan fingerprint density at radius 3 is 2.60 bits per heavy atom. The second kappa shape index (κ2) is 8.81. The summed E-state index contributed by atoms with van der Waals surface area (Å²) in [5.41, 5.74) is 2.73. The van der Waals surface area contributed by atoms with Gasteiger partial charge in [-0.05, 0) is 81.8 Å². The number of aromatic nitrogens is 1. The smallest absolute Gasteiger partial charge is 0.414 e. The second-order valence-electron chi connectivity index (χ2n) is 7.95. The van der Waals surface area contributed by atoms with Gasteiger partial charge in [0.15, 0.2) is 0 Å². The normalized spacial score (nSPS) is 17.3. The molecule has 1 aromatic heterocycles. The third kappa shape index (κ3) is 4.45. The van der Waals surface area contributed by atoms with E-state index in [4.69, 9.17) is 9.72 Å². The quantitative estimate of drug-likeness (QED) is 0.802. The molecule has 7 heteroatoms. The highest BCUT2D eigenvalue weighted by Crippen LogP contribution is 2.29. The second-order valence-corrected chi connectivity index (χ2v) is 7.95. The van der Waals surface area contributed by atoms with Gasteiger partial charge in [0.25, 0.3) is 5.91 Å². The first-order valence-electron chi connectivity index (χ1n) is 10.6. The summed E-state index contributed by atoms with van der Waals surface area (Å²) in [4.78, 5) is 31.4. The number of aryl methyl sites for hydroxylation is 1. The SMILES string of the molecule is CC(NC(=O)c1ccc(F)cc1)c1ccc2c(n1)CCCN2C(=O)OC1CCCC1. The van der Waals surface area contributed by atoms with Gasteiger partial charge in [0, 0.05) is 12.1 Å². The van der Waals surface area contributed by atoms with E-state index in [-0.39, 0.29) is 30.0 Å². The molecule has 1 aliphatic carbocycles. The minimum absolute atomic E-state index is 0.0248. The summed E-state index contributed by atoms with van der Waals surface area (Å²) in [6.45, 7) is 2.47. The van der Waals surface area contributed by atoms with Crippen LogP contribution in [0.4, 0.5) is 14.9 Å². The Morgan fingerprint density at radius 1 is 1.13 bits per heavy atom. The molecule has 158 valence electrons. The number of hydrogen-bond acceptors (Lipinski definition) is 4. The molecule has 0 spiro atoms. The summed E-state index contributed by atoms with van der Waals surface area (Å²) in [5.74, 6) is -0.671. The summed E-state index contributed by atoms with van der Waals surface area (Å²) in [5, 5.41) is 2.89. The Hall–Kier alpha value is -2.96. The van der Waals surface area contributed by atoms with E-state index >= 15 is 0 Å². The number of fused-ring (bicyclic) bond motifs is 1. The number of nitrogens with one attached hydrogen (secondary N) is 1. The summed E-state index contributed by atoms with van der Waals surface area (Å²) in [6, 6.07) is 8.81. The third-order valence-electron chi connectivity index (χ3n) is 5.75. The molecule has 30 heavy (non-hydrogen) atoms. The average molecular weight is 411 g/mol. The first-order valence-corrected chi connectivity index (χ1v) is 10.6. The molecule has 0 radical (unpaired) electrons. The van der Waals surface area contributed by atoms with Crippen LogP contribution in [-0.2, 0) is 11.2 Å². The van der Waals surface area contributed by atoms with E-state index in [0.717, 1.165) is 55.6 Å². The van der Waals surface area contributed by atoms with Crippen LogP contribution in [0.3, 0.4) is 0 Å². The Bertz CT molecular complexity index is 926. The molecule has 1 fully saturated rings. The van der Waals surface area contributed by atoms with Crippen LogP contribution in [0.2, 0.25) is 0 Å². The van der Waals surface area contributed by atoms with E-state index in [0.29, 0.717) is 12.1 Å². The maximum Gasteiger partial charge on any atom is 0.414 e. The number of carbonyl (C=O) groups is 2. The van der Waals surface area contributed by atoms with E-state index in [1.54, 1.807) is 4.90 Å². The van der Waals surface area contributed by atoms with Crippen molar-refractivity contribution in [3.63, 3.8) is 0 Å². The highest BCUT2D eigenvalue weighted by molar-refractivity contribution is 5.94. The number of rotatable bonds is 4. The number of carbonyl (C=O) groups excluding carboxylic acids is 2. The standard InChI is InChI=1S/C23H26FN3O3/c1-15(25-22(28)16-8-10-17(24)11-9-16)19-12-13-21-20(26-19)7-4-14-27(21)23(29)30-18-5-2-3-6-18/h8-13,15,18H,2-7,14H2,1H3,(H,25,28). The van der Waals surface area contributed by atoms with Crippen molar-refractivity contribution in [1.82, 2.24) is 10.3 Å². The zero-order valence-corrected chi connectivity index (χ0v) is 17.1. The lowest BCUT2D eigenvalue weighted by Crippen LogP contribution is -2.38. The first-order chi connectivity index (χ1) is 14.5. The number of pyridine rings is 1. The van der Waals surface area contributed by atoms with Crippen molar-refractivity contribution in [2.24, 2.45) is 0 Å². The minimum Gasteiger partial charge on any atom is -0.446 e. The van der Waals surface area contributed by atoms with Crippen molar-refractivity contribution in [2.75, 3.05) is 11.4 Å². The monoisotopic (exact) mass is 411 g/mol. The van der Waals surface area contributed by atoms with E-state index in [1.807, 2.05) is 19.1 Å². The molecule has 1 atom stereocenters. The number of nitrogens with zero attached hydrogens (tertiary/aromatic N) is 2. The molecule has 2 aliphatic rings. The molecule has 1 unspecified atom stereocenters. The summed E-state index contributed by atoms with van der Waals surface area (Å²) in [6.07, 6.45) is 5.42. The fraction of sp³-hybridized carbons (Fsp3) is 0.435. The molecule has 1 aliphatic heterocycles. The molecule has 1 saturated carbocycles. The molecule has 0 bridgehead atoms. The van der Waals surface area contributed by atoms with Gasteiger partial charge in [-0.3, -0.25) is 14.7 Å². The number of halogens is 1. The number of anilines is 1. The van der Waals surface area contributed by atoms with E-state index in [1.165, 1.54) is 24.3 Å². The predicted molar refractivity (Wildman–Crippen MR) is 111 cm³/mol. The van der Waals surface area contributed by atoms with Gasteiger partial charge in [0.05, 0.1) is 23.1 Å². The lowest BCUT2D eigenvalue weighted by atomic mass is 10.1. The van der Waals surface area contributed by atoms with Crippen molar-refractivity contribution >= 4 is 17.7 Å². The molecule has 1 N–H and O–H groups in total. The summed E-state index contributed by atoms with van der Waals surface area (Å²) >= 11 is 0. The van der Waals surface area contributed by atoms with Crippen LogP contribution in [-0.4, -0.2) is 29.6 Å². The van der Waals surface area contributed by atoms with Gasteiger partial charge < -0.3 is 10.1 Å². The van der Waals surface area contributed by atoms with Crippen molar-refractivity contribution in [2.45, 2.75) is 57.6 Å². The van der Waals surface area contributed by atoms with Gasteiger partial charge in [-0.15, -0.1) is 0 Å². The number of amides is 2. The molecule has 6 nitrogen and oxygen atoms in total. The van der Waals surface area contributed by atoms with E-state index in [9.17, 15) is 14.0 Å². The topological polar surface area (TPSA) is 71.5 Å². The highest BCUT2D eigenvalue weighted by Gasteiger charge is 2.28. The zero-order chi connectivity index (χ0) is 21.1. The Kier molecular flexibility index (Phi) is 5.97. The van der Waals surface area contributed by atoms with Gasteiger partial charge >= 0.3 is 6.09 Å². The van der Waals surface area contributed by atoms with Crippen LogP contribution in [0, 0.1) is 5.82 Å². The number of hydrogen-bond donors (Lipinski definition) is 1. The van der Waals surface area contributed by atoms with Gasteiger partial charge in [0.1, 0.15) is 11.9 Å². The van der Waals surface area contributed by atoms with Crippen LogP contribution in [0.1, 0.15) is 66.8 Å². The van der Waals surface area contributed by atoms with Crippen LogP contribution in [0.25, 0.3) is 0 Å². The molecule has 2 aromatic rings. The fourth-order valence-corrected chi connectivity index (χ4v) is 4.06. The molecule has 4 rings (SSSR count). The van der Waals surface area contributed by atoms with Crippen LogP contribution in [0.5, 0.6) is 0 Å². The molecule has 2 amide bonds. The molecule has 1 aromatic carbocycles. The van der Waals surface area contributed by atoms with Gasteiger partial charge in [0.2, 0.25) is 0 Å². The lowest BCUT2D eigenvalue weighted by molar-refractivity contribution is 0.0938. The Balaban J connectivity index is 1.45. The van der Waals surface area contributed by atoms with Crippen molar-refractivity contribution in [1.29, 1.82) is 0 Å². The average Bonchev–Trinajstić information content (AvgIpc) is 3.26. The first kappa shape index (κ1) is 20.3. The van der Waals surface area contributed by atoms with Gasteiger partial charge in [-0.25, -0.2) is 9.18 Å². The van der Waals surface area contributed by atoms with E-state index < -0.39 is 0 Å². The third-order valence-corrected chi connectivity index (χ3v) is 5.75. The molecular formula is C23H26FN3O3. The number of ether oxygens (including phenoxy) is 1. The Morgan fingerprint density at radius 2 is 1.87 bits per heavy atom. The lowest BCUT2D eigenvalue weighted by Gasteiger charge is -2.30. The van der Waals surface area contributed by atoms with E-state index in [2.05, 4.69) is 5.32 Å². The van der Waals surface area contributed by atoms with Gasteiger partial charge in [-0.2, -0.15) is 0 Å². The summed E-state index contributed by atoms with van der Waals surface area (Å²) < 4.78 is 18.7. The maximum atomic E-state index is 13.1. The van der Waals surface area contributed by atoms with Crippen LogP contribution < -0.4 is 10.2 Å². The van der Waals surface area contributed by atoms with Gasteiger partial charge in [-0.1, -0.05) is 0 Å². The van der Waals surface area contributed by atoms with Crippen molar-refractivity contribution < 1.29 is 18.7 Å². The molecular weight excluding hydrogens is 385 g/mol. The fourth-order valence-electron chi connectivity index (χ4n) is 4.06. The molecule has 2 heterocycles. The van der Waals surface area contributed by atoms with Crippen molar-refractivity contribution in [3.8, 4) is 0 Å². The minimum atomic E-state index is -0.382. The van der Waals surface area contributed by atoms with Crippen LogP contribution >= 0.6 is 0 Å². The Labute approximate surface area is 175 Å². The van der Waals surface area contributed by atoms with Crippen molar-refractivity contribution in [3.05, 3.63) is 59.2 Å². The number of benzene rings is 1. The molecule has 0 saturated heterocycles. The zero-order valence-electron chi connectivity index (χ0n) is 17.1. The predicted octanol–water partition coefficient (Wildman–Crippen LogP) is 4.54. The maximum absolute atomic E-state index is 13.1. The highest BCUT2D eigenvalue weighted by atomic mass is 19.1. The summed E-state index contributed by atoms with van der Waals surface area (Å²) in [7, 11) is 0.